The molecule has 7 nitrogen and oxygen atoms in total. The molecule has 0 radical (unpaired) electrons. The first kappa shape index (κ1) is 14.7. The van der Waals surface area contributed by atoms with E-state index in [0.29, 0.717) is 17.9 Å². The number of aryl methyl sites for hydroxylation is 1. The standard InChI is InChI=1S/C17H20N6O/c1-4-23-13(5-6-20-23)21-16(24)11-10-19-12-9-17(2,3)22-8-7-18-15(22)14(11)12/h5-8,10,19H,4,9H2,1-3H3,(H,21,24). The lowest BCUT2D eigenvalue weighted by Crippen LogP contribution is -2.33. The molecule has 0 bridgehead atoms. The Kier molecular flexibility index (Phi) is 3.13. The van der Waals surface area contributed by atoms with Gasteiger partial charge in [-0.05, 0) is 20.8 Å². The Bertz CT molecular complexity index is 913. The molecule has 3 aromatic rings. The Morgan fingerprint density at radius 3 is 3.04 bits per heavy atom. The molecule has 3 aromatic heterocycles. The van der Waals surface area contributed by atoms with Gasteiger partial charge in [0.2, 0.25) is 0 Å². The van der Waals surface area contributed by atoms with Crippen LogP contribution in [0.4, 0.5) is 5.82 Å². The van der Waals surface area contributed by atoms with E-state index >= 15 is 0 Å². The van der Waals surface area contributed by atoms with E-state index in [1.54, 1.807) is 29.3 Å². The minimum Gasteiger partial charge on any atom is -0.364 e. The van der Waals surface area contributed by atoms with Crippen LogP contribution in [-0.2, 0) is 18.5 Å². The summed E-state index contributed by atoms with van der Waals surface area (Å²) in [5, 5.41) is 7.12. The highest BCUT2D eigenvalue weighted by Crippen LogP contribution is 2.38. The summed E-state index contributed by atoms with van der Waals surface area (Å²) < 4.78 is 3.89. The summed E-state index contributed by atoms with van der Waals surface area (Å²) in [7, 11) is 0. The molecule has 0 fully saturated rings. The summed E-state index contributed by atoms with van der Waals surface area (Å²) in [6.07, 6.45) is 8.03. The summed E-state index contributed by atoms with van der Waals surface area (Å²) in [5.74, 6) is 1.37. The van der Waals surface area contributed by atoms with Gasteiger partial charge in [0.15, 0.2) is 0 Å². The molecule has 0 aliphatic carbocycles. The van der Waals surface area contributed by atoms with Crippen molar-refractivity contribution in [3.05, 3.63) is 42.1 Å². The van der Waals surface area contributed by atoms with Crippen molar-refractivity contribution in [3.8, 4) is 11.4 Å². The van der Waals surface area contributed by atoms with E-state index in [2.05, 4.69) is 38.8 Å². The number of nitrogens with one attached hydrogen (secondary N) is 2. The quantitative estimate of drug-likeness (QED) is 0.777. The van der Waals surface area contributed by atoms with Crippen molar-refractivity contribution in [1.29, 1.82) is 0 Å². The number of H-pyrrole nitrogens is 1. The van der Waals surface area contributed by atoms with Gasteiger partial charge in [0.25, 0.3) is 5.91 Å². The second-order valence-corrected chi connectivity index (χ2v) is 6.65. The molecular formula is C17H20N6O. The molecule has 0 saturated carbocycles. The van der Waals surface area contributed by atoms with Crippen molar-refractivity contribution in [2.75, 3.05) is 5.32 Å². The number of hydrogen-bond acceptors (Lipinski definition) is 3. The first-order valence-corrected chi connectivity index (χ1v) is 8.09. The smallest absolute Gasteiger partial charge is 0.259 e. The fourth-order valence-corrected chi connectivity index (χ4v) is 3.41. The normalized spacial score (nSPS) is 15.0. The van der Waals surface area contributed by atoms with Crippen LogP contribution in [0.2, 0.25) is 0 Å². The van der Waals surface area contributed by atoms with Gasteiger partial charge in [-0.2, -0.15) is 5.10 Å². The van der Waals surface area contributed by atoms with Crippen molar-refractivity contribution in [1.82, 2.24) is 24.3 Å². The summed E-state index contributed by atoms with van der Waals surface area (Å²) in [6, 6.07) is 1.80. The Hall–Kier alpha value is -2.83. The van der Waals surface area contributed by atoms with Crippen LogP contribution < -0.4 is 5.32 Å². The van der Waals surface area contributed by atoms with E-state index < -0.39 is 0 Å². The largest absolute Gasteiger partial charge is 0.364 e. The van der Waals surface area contributed by atoms with E-state index in [-0.39, 0.29) is 11.4 Å². The molecule has 1 aliphatic rings. The van der Waals surface area contributed by atoms with Crippen LogP contribution in [0.3, 0.4) is 0 Å². The van der Waals surface area contributed by atoms with Gasteiger partial charge in [0.1, 0.15) is 11.6 Å². The van der Waals surface area contributed by atoms with Gasteiger partial charge in [-0.25, -0.2) is 9.67 Å². The van der Waals surface area contributed by atoms with Gasteiger partial charge in [0, 0.05) is 48.9 Å². The van der Waals surface area contributed by atoms with Gasteiger partial charge in [-0.15, -0.1) is 0 Å². The molecule has 4 heterocycles. The van der Waals surface area contributed by atoms with Crippen LogP contribution in [0.1, 0.15) is 36.8 Å². The van der Waals surface area contributed by atoms with Gasteiger partial charge in [-0.3, -0.25) is 4.79 Å². The maximum Gasteiger partial charge on any atom is 0.259 e. The highest BCUT2D eigenvalue weighted by atomic mass is 16.1. The lowest BCUT2D eigenvalue weighted by Gasteiger charge is -2.32. The number of aromatic nitrogens is 5. The average Bonchev–Trinajstić information content (AvgIpc) is 3.24. The third-order valence-electron chi connectivity index (χ3n) is 4.59. The number of amides is 1. The molecule has 1 aliphatic heterocycles. The third-order valence-corrected chi connectivity index (χ3v) is 4.59. The van der Waals surface area contributed by atoms with E-state index in [0.717, 1.165) is 23.5 Å². The minimum atomic E-state index is -0.156. The molecular weight excluding hydrogens is 304 g/mol. The van der Waals surface area contributed by atoms with E-state index in [9.17, 15) is 4.79 Å². The molecule has 2 N–H and O–H groups in total. The second kappa shape index (κ2) is 5.09. The van der Waals surface area contributed by atoms with E-state index in [1.807, 2.05) is 13.1 Å². The lowest BCUT2D eigenvalue weighted by atomic mass is 9.90. The fraction of sp³-hybridized carbons (Fsp3) is 0.353. The topological polar surface area (TPSA) is 80.5 Å². The molecule has 0 unspecified atom stereocenters. The van der Waals surface area contributed by atoms with Gasteiger partial charge >= 0.3 is 0 Å². The lowest BCUT2D eigenvalue weighted by molar-refractivity contribution is 0.102. The molecule has 4 rings (SSSR count). The van der Waals surface area contributed by atoms with Gasteiger partial charge in [-0.1, -0.05) is 0 Å². The fourth-order valence-electron chi connectivity index (χ4n) is 3.41. The Labute approximate surface area is 139 Å². The van der Waals surface area contributed by atoms with Crippen molar-refractivity contribution < 1.29 is 4.79 Å². The van der Waals surface area contributed by atoms with Crippen molar-refractivity contribution in [2.24, 2.45) is 0 Å². The SMILES string of the molecule is CCn1nccc1NC(=O)c1c[nH]c2c1-c1nccn1C(C)(C)C2. The molecule has 24 heavy (non-hydrogen) atoms. The average molecular weight is 324 g/mol. The Morgan fingerprint density at radius 1 is 1.42 bits per heavy atom. The number of hydrogen-bond donors (Lipinski definition) is 2. The zero-order valence-corrected chi connectivity index (χ0v) is 14.0. The van der Waals surface area contributed by atoms with Gasteiger partial charge < -0.3 is 14.9 Å². The van der Waals surface area contributed by atoms with Crippen LogP contribution in [0.25, 0.3) is 11.4 Å². The van der Waals surface area contributed by atoms with Crippen LogP contribution in [0.5, 0.6) is 0 Å². The number of aromatic amines is 1. The number of nitrogens with zero attached hydrogens (tertiary/aromatic N) is 4. The third kappa shape index (κ3) is 2.08. The van der Waals surface area contributed by atoms with Crippen LogP contribution in [0, 0.1) is 0 Å². The first-order valence-electron chi connectivity index (χ1n) is 8.09. The van der Waals surface area contributed by atoms with E-state index in [1.165, 1.54) is 0 Å². The van der Waals surface area contributed by atoms with Gasteiger partial charge in [0.05, 0.1) is 17.3 Å². The summed E-state index contributed by atoms with van der Waals surface area (Å²) in [5.41, 5.74) is 2.47. The van der Waals surface area contributed by atoms with Crippen molar-refractivity contribution in [3.63, 3.8) is 0 Å². The molecule has 0 spiro atoms. The van der Waals surface area contributed by atoms with Crippen LogP contribution in [-0.4, -0.2) is 30.2 Å². The van der Waals surface area contributed by atoms with E-state index in [4.69, 9.17) is 0 Å². The molecule has 0 atom stereocenters. The maximum atomic E-state index is 12.8. The monoisotopic (exact) mass is 324 g/mol. The summed E-state index contributed by atoms with van der Waals surface area (Å²) >= 11 is 0. The highest BCUT2D eigenvalue weighted by molar-refractivity contribution is 6.08. The number of carbonyl (C=O) groups excluding carboxylic acids is 1. The van der Waals surface area contributed by atoms with Crippen molar-refractivity contribution >= 4 is 11.7 Å². The first-order chi connectivity index (χ1) is 11.5. The predicted octanol–water partition coefficient (Wildman–Crippen LogP) is 2.64. The molecule has 7 heteroatoms. The molecule has 0 saturated heterocycles. The maximum absolute atomic E-state index is 12.8. The number of imidazole rings is 1. The zero-order chi connectivity index (χ0) is 16.9. The highest BCUT2D eigenvalue weighted by Gasteiger charge is 2.34. The van der Waals surface area contributed by atoms with Crippen molar-refractivity contribution in [2.45, 2.75) is 39.3 Å². The molecule has 124 valence electrons. The number of carbonyl (C=O) groups is 1. The summed E-state index contributed by atoms with van der Waals surface area (Å²) in [4.78, 5) is 20.5. The Morgan fingerprint density at radius 2 is 2.25 bits per heavy atom. The summed E-state index contributed by atoms with van der Waals surface area (Å²) in [6.45, 7) is 7.02. The Balaban J connectivity index is 1.73. The second-order valence-electron chi connectivity index (χ2n) is 6.65. The molecule has 1 amide bonds. The molecule has 0 aromatic carbocycles. The van der Waals surface area contributed by atoms with Crippen LogP contribution >= 0.6 is 0 Å². The number of anilines is 1. The number of fused-ring (bicyclic) bond motifs is 3. The number of rotatable bonds is 3. The zero-order valence-electron chi connectivity index (χ0n) is 14.0. The van der Waals surface area contributed by atoms with Crippen LogP contribution in [0.15, 0.2) is 30.9 Å². The minimum absolute atomic E-state index is 0.0712. The predicted molar refractivity (Wildman–Crippen MR) is 90.9 cm³/mol.